The van der Waals surface area contributed by atoms with Crippen LogP contribution in [0.25, 0.3) is 22.2 Å². The second-order valence-electron chi connectivity index (χ2n) is 9.03. The van der Waals surface area contributed by atoms with Gasteiger partial charge in [-0.1, -0.05) is 41.6 Å². The van der Waals surface area contributed by atoms with E-state index in [1.165, 1.54) is 0 Å². The highest BCUT2D eigenvalue weighted by molar-refractivity contribution is 6.31. The largest absolute Gasteiger partial charge is 0.480 e. The molecular weight excluding hydrogens is 502 g/mol. The van der Waals surface area contributed by atoms with E-state index in [2.05, 4.69) is 27.2 Å². The Morgan fingerprint density at radius 2 is 1.95 bits per heavy atom. The fraction of sp³-hybridized carbons (Fsp3) is 0.172. The molecule has 0 unspecified atom stereocenters. The van der Waals surface area contributed by atoms with Crippen LogP contribution in [0.2, 0.25) is 5.02 Å². The van der Waals surface area contributed by atoms with Crippen LogP contribution in [0.1, 0.15) is 39.9 Å². The maximum absolute atomic E-state index is 12.3. The van der Waals surface area contributed by atoms with E-state index < -0.39 is 17.9 Å². The first kappa shape index (κ1) is 25.4. The molecule has 0 spiro atoms. The molecule has 2 aromatic carbocycles. The van der Waals surface area contributed by atoms with Gasteiger partial charge in [0.15, 0.2) is 0 Å². The molecule has 1 fully saturated rings. The fourth-order valence-electron chi connectivity index (χ4n) is 4.63. The Bertz CT molecular complexity index is 1590. The highest BCUT2D eigenvalue weighted by atomic mass is 35.5. The number of nitrogens with zero attached hydrogens (tertiary/aromatic N) is 3. The Morgan fingerprint density at radius 3 is 2.68 bits per heavy atom. The third-order valence-electron chi connectivity index (χ3n) is 6.58. The first-order chi connectivity index (χ1) is 18.4. The number of likely N-dealkylation sites (tertiary alicyclic amines) is 1. The van der Waals surface area contributed by atoms with Crippen molar-refractivity contribution in [2.24, 2.45) is 5.84 Å². The number of amides is 1. The van der Waals surface area contributed by atoms with E-state index in [9.17, 15) is 14.7 Å². The van der Waals surface area contributed by atoms with Crippen molar-refractivity contribution in [3.05, 3.63) is 94.3 Å². The lowest BCUT2D eigenvalue weighted by Crippen LogP contribution is -2.35. The molecule has 1 saturated heterocycles. The molecule has 38 heavy (non-hydrogen) atoms. The third kappa shape index (κ3) is 5.36. The molecular formula is C29H24ClN5O3. The molecule has 1 amide bonds. The summed E-state index contributed by atoms with van der Waals surface area (Å²) in [5.41, 5.74) is 7.10. The van der Waals surface area contributed by atoms with Gasteiger partial charge in [-0.2, -0.15) is 0 Å². The number of nitrogens with one attached hydrogen (secondary N) is 1. The smallest absolute Gasteiger partial charge is 0.320 e. The second kappa shape index (κ2) is 11.0. The first-order valence-corrected chi connectivity index (χ1v) is 12.4. The Hall–Kier alpha value is -4.29. The number of nitrogens with two attached hydrogens (primary N) is 1. The number of nitrogen functional groups attached to an aromatic ring is 1. The molecule has 0 radical (unpaired) electrons. The summed E-state index contributed by atoms with van der Waals surface area (Å²) in [6, 6.07) is 16.2. The Morgan fingerprint density at radius 1 is 1.13 bits per heavy atom. The zero-order valence-corrected chi connectivity index (χ0v) is 21.1. The van der Waals surface area contributed by atoms with Crippen LogP contribution in [0, 0.1) is 11.8 Å². The molecule has 4 N–H and O–H groups in total. The molecule has 3 heterocycles. The Balaban J connectivity index is 1.34. The van der Waals surface area contributed by atoms with Crippen molar-refractivity contribution < 1.29 is 14.7 Å². The van der Waals surface area contributed by atoms with Crippen LogP contribution < -0.4 is 11.3 Å². The molecule has 4 aromatic rings. The van der Waals surface area contributed by atoms with Gasteiger partial charge in [-0.25, -0.2) is 10.8 Å². The van der Waals surface area contributed by atoms with Crippen LogP contribution in [0.15, 0.2) is 67.0 Å². The molecule has 1 aliphatic heterocycles. The zero-order valence-electron chi connectivity index (χ0n) is 20.3. The number of pyridine rings is 2. The van der Waals surface area contributed by atoms with Crippen molar-refractivity contribution >= 4 is 34.4 Å². The fourth-order valence-corrected chi connectivity index (χ4v) is 4.88. The number of rotatable bonds is 5. The monoisotopic (exact) mass is 525 g/mol. The number of hydrazine groups is 1. The average Bonchev–Trinajstić information content (AvgIpc) is 3.40. The van der Waals surface area contributed by atoms with Crippen LogP contribution in [-0.4, -0.2) is 44.4 Å². The summed E-state index contributed by atoms with van der Waals surface area (Å²) < 4.78 is 0. The molecule has 1 atom stereocenters. The zero-order chi connectivity index (χ0) is 26.6. The number of carbonyl (C=O) groups excluding carboxylic acids is 1. The van der Waals surface area contributed by atoms with Crippen molar-refractivity contribution in [3.8, 4) is 23.1 Å². The number of halogens is 1. The van der Waals surface area contributed by atoms with Gasteiger partial charge in [0.1, 0.15) is 6.04 Å². The van der Waals surface area contributed by atoms with Gasteiger partial charge in [-0.15, -0.1) is 0 Å². The molecule has 8 nitrogen and oxygen atoms in total. The van der Waals surface area contributed by atoms with Crippen molar-refractivity contribution in [1.29, 1.82) is 0 Å². The van der Waals surface area contributed by atoms with Gasteiger partial charge in [0.2, 0.25) is 0 Å². The summed E-state index contributed by atoms with van der Waals surface area (Å²) in [7, 11) is 0. The predicted octanol–water partition coefficient (Wildman–Crippen LogP) is 4.00. The number of aromatic nitrogens is 2. The maximum Gasteiger partial charge on any atom is 0.320 e. The molecule has 1 aliphatic rings. The molecule has 190 valence electrons. The minimum atomic E-state index is -0.780. The van der Waals surface area contributed by atoms with E-state index in [1.54, 1.807) is 24.5 Å². The summed E-state index contributed by atoms with van der Waals surface area (Å²) in [6.45, 7) is 1.30. The standard InChI is InChI=1S/C29H24ClN5O3/c30-24-14-19(17-35-13-1-2-27(35)29(37)38)6-8-20(24)7-3-18-4-9-21(10-5-18)26-15-22(28(36)34-31)23-16-32-12-11-25(23)33-26/h4-6,8-12,14-16,27H,1-2,13,17,31H2,(H,34,36)(H,37,38)/t27-/m1/s1. The van der Waals surface area contributed by atoms with Crippen LogP contribution in [0.4, 0.5) is 0 Å². The lowest BCUT2D eigenvalue weighted by atomic mass is 10.0. The van der Waals surface area contributed by atoms with E-state index in [1.807, 2.05) is 47.4 Å². The van der Waals surface area contributed by atoms with Gasteiger partial charge in [0, 0.05) is 41.0 Å². The van der Waals surface area contributed by atoms with Crippen molar-refractivity contribution in [2.45, 2.75) is 25.4 Å². The number of carboxylic acids is 1. The van der Waals surface area contributed by atoms with Crippen LogP contribution in [0.5, 0.6) is 0 Å². The van der Waals surface area contributed by atoms with Crippen molar-refractivity contribution in [1.82, 2.24) is 20.3 Å². The Labute approximate surface area is 224 Å². The van der Waals surface area contributed by atoms with Gasteiger partial charge in [0.25, 0.3) is 5.91 Å². The second-order valence-corrected chi connectivity index (χ2v) is 9.44. The van der Waals surface area contributed by atoms with E-state index in [4.69, 9.17) is 17.4 Å². The lowest BCUT2D eigenvalue weighted by Gasteiger charge is -2.21. The van der Waals surface area contributed by atoms with Crippen LogP contribution in [0.3, 0.4) is 0 Å². The van der Waals surface area contributed by atoms with Crippen molar-refractivity contribution in [3.63, 3.8) is 0 Å². The van der Waals surface area contributed by atoms with E-state index in [0.717, 1.165) is 29.7 Å². The molecule has 2 aromatic heterocycles. The van der Waals surface area contributed by atoms with Gasteiger partial charge in [-0.3, -0.25) is 24.9 Å². The topological polar surface area (TPSA) is 121 Å². The van der Waals surface area contributed by atoms with Crippen LogP contribution >= 0.6 is 11.6 Å². The highest BCUT2D eigenvalue weighted by Crippen LogP contribution is 2.26. The van der Waals surface area contributed by atoms with Gasteiger partial charge >= 0.3 is 5.97 Å². The van der Waals surface area contributed by atoms with Gasteiger partial charge < -0.3 is 5.11 Å². The third-order valence-corrected chi connectivity index (χ3v) is 6.89. The first-order valence-electron chi connectivity index (χ1n) is 12.1. The molecule has 0 saturated carbocycles. The predicted molar refractivity (Wildman–Crippen MR) is 145 cm³/mol. The number of aliphatic carboxylic acids is 1. The summed E-state index contributed by atoms with van der Waals surface area (Å²) in [5, 5.41) is 10.5. The van der Waals surface area contributed by atoms with Crippen LogP contribution in [-0.2, 0) is 11.3 Å². The lowest BCUT2D eigenvalue weighted by molar-refractivity contribution is -0.142. The highest BCUT2D eigenvalue weighted by Gasteiger charge is 2.30. The SMILES string of the molecule is NNC(=O)c1cc(-c2ccc(C#Cc3ccc(CN4CCC[C@@H]4C(=O)O)cc3Cl)cc2)nc2ccncc12. The van der Waals surface area contributed by atoms with Gasteiger partial charge in [0.05, 0.1) is 21.8 Å². The number of fused-ring (bicyclic) bond motifs is 1. The normalized spacial score (nSPS) is 15.2. The Kier molecular flexibility index (Phi) is 7.33. The number of benzene rings is 2. The summed E-state index contributed by atoms with van der Waals surface area (Å²) in [4.78, 5) is 34.5. The number of carboxylic acid groups (broad SMARTS) is 1. The van der Waals surface area contributed by atoms with E-state index in [0.29, 0.717) is 45.7 Å². The molecule has 5 rings (SSSR count). The number of hydrogen-bond donors (Lipinski definition) is 3. The number of carbonyl (C=O) groups is 2. The van der Waals surface area contributed by atoms with Gasteiger partial charge in [-0.05, 0) is 61.3 Å². The maximum atomic E-state index is 12.3. The minimum Gasteiger partial charge on any atom is -0.480 e. The summed E-state index contributed by atoms with van der Waals surface area (Å²) in [6.07, 6.45) is 4.76. The van der Waals surface area contributed by atoms with E-state index in [-0.39, 0.29) is 0 Å². The van der Waals surface area contributed by atoms with E-state index >= 15 is 0 Å². The molecule has 0 aliphatic carbocycles. The molecule has 0 bridgehead atoms. The summed E-state index contributed by atoms with van der Waals surface area (Å²) >= 11 is 6.49. The minimum absolute atomic E-state index is 0.394. The number of hydrogen-bond acceptors (Lipinski definition) is 6. The average molecular weight is 526 g/mol. The van der Waals surface area contributed by atoms with Crippen molar-refractivity contribution in [2.75, 3.05) is 6.54 Å². The quantitative estimate of drug-likeness (QED) is 0.156. The molecule has 9 heteroatoms. The summed E-state index contributed by atoms with van der Waals surface area (Å²) in [5.74, 6) is 10.4.